The molecular formula is C17H17ClN2O4. The predicted molar refractivity (Wildman–Crippen MR) is 90.4 cm³/mol. The third kappa shape index (κ3) is 3.78. The number of carbonyl (C=O) groups excluding carboxylic acids is 2. The van der Waals surface area contributed by atoms with Gasteiger partial charge in [-0.3, -0.25) is 9.59 Å². The number of hydrogen-bond donors (Lipinski definition) is 2. The van der Waals surface area contributed by atoms with Gasteiger partial charge in [0.15, 0.2) is 11.5 Å². The Bertz CT molecular complexity index is 750. The molecule has 24 heavy (non-hydrogen) atoms. The van der Waals surface area contributed by atoms with E-state index in [0.29, 0.717) is 17.1 Å². The number of methoxy groups -OCH3 is 2. The summed E-state index contributed by atoms with van der Waals surface area (Å²) in [7, 11) is 2.88. The number of rotatable bonds is 6. The van der Waals surface area contributed by atoms with Gasteiger partial charge in [-0.15, -0.1) is 0 Å². The van der Waals surface area contributed by atoms with Crippen molar-refractivity contribution in [2.24, 2.45) is 5.73 Å². The Labute approximate surface area is 144 Å². The van der Waals surface area contributed by atoms with Gasteiger partial charge in [0.2, 0.25) is 5.91 Å². The van der Waals surface area contributed by atoms with Gasteiger partial charge >= 0.3 is 0 Å². The molecule has 2 aromatic rings. The highest BCUT2D eigenvalue weighted by atomic mass is 35.5. The molecule has 0 aliphatic heterocycles. The van der Waals surface area contributed by atoms with Crippen molar-refractivity contribution in [2.75, 3.05) is 14.2 Å². The van der Waals surface area contributed by atoms with Crippen molar-refractivity contribution in [3.8, 4) is 11.5 Å². The third-order valence-corrected chi connectivity index (χ3v) is 3.67. The van der Waals surface area contributed by atoms with Crippen LogP contribution in [0.25, 0.3) is 0 Å². The summed E-state index contributed by atoms with van der Waals surface area (Å²) >= 11 is 6.10. The first kappa shape index (κ1) is 17.6. The van der Waals surface area contributed by atoms with Crippen LogP contribution in [0.15, 0.2) is 42.5 Å². The zero-order chi connectivity index (χ0) is 17.7. The Kier molecular flexibility index (Phi) is 5.65. The van der Waals surface area contributed by atoms with Gasteiger partial charge in [-0.25, -0.2) is 0 Å². The van der Waals surface area contributed by atoms with Crippen molar-refractivity contribution in [2.45, 2.75) is 6.04 Å². The zero-order valence-corrected chi connectivity index (χ0v) is 14.0. The second-order valence-electron chi connectivity index (χ2n) is 4.91. The highest BCUT2D eigenvalue weighted by molar-refractivity contribution is 6.32. The molecule has 2 amide bonds. The van der Waals surface area contributed by atoms with Gasteiger partial charge in [-0.1, -0.05) is 41.9 Å². The summed E-state index contributed by atoms with van der Waals surface area (Å²) in [5.41, 5.74) is 6.21. The number of benzene rings is 2. The summed E-state index contributed by atoms with van der Waals surface area (Å²) in [6.07, 6.45) is 0. The fraction of sp³-hybridized carbons (Fsp3) is 0.176. The molecule has 0 saturated carbocycles. The maximum Gasteiger partial charge on any atom is 0.252 e. The average Bonchev–Trinajstić information content (AvgIpc) is 2.59. The minimum absolute atomic E-state index is 0.220. The average molecular weight is 349 g/mol. The van der Waals surface area contributed by atoms with Crippen molar-refractivity contribution in [3.63, 3.8) is 0 Å². The van der Waals surface area contributed by atoms with Crippen LogP contribution in [0.2, 0.25) is 5.02 Å². The number of amides is 2. The fourth-order valence-electron chi connectivity index (χ4n) is 2.23. The molecule has 0 aliphatic rings. The minimum atomic E-state index is -0.953. The molecule has 0 spiro atoms. The maximum atomic E-state index is 12.5. The lowest BCUT2D eigenvalue weighted by atomic mass is 10.1. The maximum absolute atomic E-state index is 12.5. The number of ether oxygens (including phenoxy) is 2. The lowest BCUT2D eigenvalue weighted by molar-refractivity contribution is -0.120. The zero-order valence-electron chi connectivity index (χ0n) is 13.2. The van der Waals surface area contributed by atoms with E-state index in [4.69, 9.17) is 26.8 Å². The molecule has 126 valence electrons. The molecule has 1 atom stereocenters. The summed E-state index contributed by atoms with van der Waals surface area (Å²) < 4.78 is 10.3. The third-order valence-electron chi connectivity index (χ3n) is 3.39. The second-order valence-corrected chi connectivity index (χ2v) is 5.32. The van der Waals surface area contributed by atoms with Gasteiger partial charge in [-0.2, -0.15) is 0 Å². The lowest BCUT2D eigenvalue weighted by Crippen LogP contribution is -2.37. The van der Waals surface area contributed by atoms with Crippen LogP contribution in [-0.2, 0) is 4.79 Å². The van der Waals surface area contributed by atoms with Crippen LogP contribution in [0.3, 0.4) is 0 Å². The largest absolute Gasteiger partial charge is 0.493 e. The van der Waals surface area contributed by atoms with Crippen molar-refractivity contribution in [1.82, 2.24) is 5.32 Å². The van der Waals surface area contributed by atoms with E-state index in [9.17, 15) is 9.59 Å². The van der Waals surface area contributed by atoms with E-state index in [2.05, 4.69) is 5.32 Å². The van der Waals surface area contributed by atoms with Gasteiger partial charge in [0.05, 0.1) is 19.2 Å². The van der Waals surface area contributed by atoms with Crippen LogP contribution in [0.4, 0.5) is 0 Å². The van der Waals surface area contributed by atoms with Gasteiger partial charge < -0.3 is 20.5 Å². The summed E-state index contributed by atoms with van der Waals surface area (Å²) in [5.74, 6) is -0.539. The molecule has 1 unspecified atom stereocenters. The Morgan fingerprint density at radius 3 is 2.33 bits per heavy atom. The number of carbonyl (C=O) groups is 2. The van der Waals surface area contributed by atoms with E-state index in [1.807, 2.05) is 0 Å². The van der Waals surface area contributed by atoms with Gasteiger partial charge in [-0.05, 0) is 17.7 Å². The van der Waals surface area contributed by atoms with Crippen molar-refractivity contribution in [3.05, 3.63) is 58.6 Å². The van der Waals surface area contributed by atoms with Gasteiger partial charge in [0, 0.05) is 5.56 Å². The second kappa shape index (κ2) is 7.70. The van der Waals surface area contributed by atoms with Crippen LogP contribution in [0, 0.1) is 0 Å². The number of nitrogens with one attached hydrogen (secondary N) is 1. The fourth-order valence-corrected chi connectivity index (χ4v) is 2.52. The normalized spacial score (nSPS) is 11.5. The van der Waals surface area contributed by atoms with Crippen LogP contribution < -0.4 is 20.5 Å². The highest BCUT2D eigenvalue weighted by Gasteiger charge is 2.22. The SMILES string of the molecule is COc1cc(C(=O)NC(C(N)=O)c2ccccc2)cc(Cl)c1OC. The standard InChI is InChI=1S/C17H17ClN2O4/c1-23-13-9-11(8-12(18)15(13)24-2)17(22)20-14(16(19)21)10-6-4-3-5-7-10/h3-9,14H,1-2H3,(H2,19,21)(H,20,22). The van der Waals surface area contributed by atoms with Gasteiger partial charge in [0.1, 0.15) is 6.04 Å². The van der Waals surface area contributed by atoms with Crippen molar-refractivity contribution >= 4 is 23.4 Å². The summed E-state index contributed by atoms with van der Waals surface area (Å²) in [5, 5.41) is 2.82. The van der Waals surface area contributed by atoms with Crippen LogP contribution in [0.1, 0.15) is 22.0 Å². The van der Waals surface area contributed by atoms with E-state index < -0.39 is 17.9 Å². The molecule has 0 aromatic heterocycles. The van der Waals surface area contributed by atoms with Crippen LogP contribution >= 0.6 is 11.6 Å². The predicted octanol–water partition coefficient (Wildman–Crippen LogP) is 2.31. The van der Waals surface area contributed by atoms with Gasteiger partial charge in [0.25, 0.3) is 5.91 Å². The molecule has 0 aliphatic carbocycles. The number of nitrogens with two attached hydrogens (primary N) is 1. The molecule has 7 heteroatoms. The number of primary amides is 1. The quantitative estimate of drug-likeness (QED) is 0.838. The summed E-state index contributed by atoms with van der Waals surface area (Å²) in [6.45, 7) is 0. The van der Waals surface area contributed by atoms with Crippen molar-refractivity contribution < 1.29 is 19.1 Å². The molecule has 0 heterocycles. The monoisotopic (exact) mass is 348 g/mol. The molecule has 3 N–H and O–H groups in total. The molecule has 0 radical (unpaired) electrons. The number of hydrogen-bond acceptors (Lipinski definition) is 4. The first-order chi connectivity index (χ1) is 11.5. The minimum Gasteiger partial charge on any atom is -0.493 e. The van der Waals surface area contributed by atoms with E-state index >= 15 is 0 Å². The summed E-state index contributed by atoms with van der Waals surface area (Å²) in [4.78, 5) is 24.2. The first-order valence-corrected chi connectivity index (χ1v) is 7.42. The van der Waals surface area contributed by atoms with E-state index in [1.54, 1.807) is 30.3 Å². The Balaban J connectivity index is 2.31. The van der Waals surface area contributed by atoms with Crippen LogP contribution in [0.5, 0.6) is 11.5 Å². The van der Waals surface area contributed by atoms with E-state index in [0.717, 1.165) is 0 Å². The lowest BCUT2D eigenvalue weighted by Gasteiger charge is -2.17. The molecule has 0 fully saturated rings. The van der Waals surface area contributed by atoms with Crippen LogP contribution in [-0.4, -0.2) is 26.0 Å². The Morgan fingerprint density at radius 2 is 1.79 bits per heavy atom. The topological polar surface area (TPSA) is 90.6 Å². The highest BCUT2D eigenvalue weighted by Crippen LogP contribution is 2.36. The Hall–Kier alpha value is -2.73. The molecule has 6 nitrogen and oxygen atoms in total. The first-order valence-electron chi connectivity index (χ1n) is 7.04. The number of halogens is 1. The summed E-state index contributed by atoms with van der Waals surface area (Å²) in [6, 6.07) is 10.7. The van der Waals surface area contributed by atoms with E-state index in [-0.39, 0.29) is 10.6 Å². The molecule has 0 saturated heterocycles. The molecule has 2 rings (SSSR count). The molecule has 0 bridgehead atoms. The van der Waals surface area contributed by atoms with Crippen molar-refractivity contribution in [1.29, 1.82) is 0 Å². The smallest absolute Gasteiger partial charge is 0.252 e. The van der Waals surface area contributed by atoms with E-state index in [1.165, 1.54) is 26.4 Å². The molecular weight excluding hydrogens is 332 g/mol. The Morgan fingerprint density at radius 1 is 1.12 bits per heavy atom. The molecule has 2 aromatic carbocycles.